The summed E-state index contributed by atoms with van der Waals surface area (Å²) in [4.78, 5) is 24.2. The highest BCUT2D eigenvalue weighted by molar-refractivity contribution is 9.11. The van der Waals surface area contributed by atoms with Gasteiger partial charge < -0.3 is 4.57 Å². The van der Waals surface area contributed by atoms with Crippen LogP contribution in [0.15, 0.2) is 44.2 Å². The minimum Gasteiger partial charge on any atom is -0.306 e. The molecule has 1 aromatic heterocycles. The Kier molecular flexibility index (Phi) is 4.60. The Balaban J connectivity index is 2.32. The third-order valence-electron chi connectivity index (χ3n) is 3.15. The molecule has 3 nitrogen and oxygen atoms in total. The summed E-state index contributed by atoms with van der Waals surface area (Å²) >= 11 is 6.50. The lowest BCUT2D eigenvalue weighted by Gasteiger charge is -2.08. The summed E-state index contributed by atoms with van der Waals surface area (Å²) in [6.45, 7) is 3.99. The molecule has 0 bridgehead atoms. The van der Waals surface area contributed by atoms with Crippen LogP contribution < -0.4 is 5.56 Å². The van der Waals surface area contributed by atoms with E-state index < -0.39 is 0 Å². The smallest absolute Gasteiger partial charge is 0.265 e. The van der Waals surface area contributed by atoms with Crippen molar-refractivity contribution < 1.29 is 4.79 Å². The number of aryl methyl sites for hydroxylation is 2. The van der Waals surface area contributed by atoms with E-state index in [0.29, 0.717) is 10.0 Å². The molecule has 5 heteroatoms. The lowest BCUT2D eigenvalue weighted by molar-refractivity contribution is 0.0970. The van der Waals surface area contributed by atoms with E-state index in [2.05, 4.69) is 31.9 Å². The monoisotopic (exact) mass is 397 g/mol. The zero-order valence-corrected chi connectivity index (χ0v) is 14.3. The van der Waals surface area contributed by atoms with Gasteiger partial charge in [0.1, 0.15) is 0 Å². The third-order valence-corrected chi connectivity index (χ3v) is 4.15. The van der Waals surface area contributed by atoms with Crippen LogP contribution in [0.1, 0.15) is 21.5 Å². The van der Waals surface area contributed by atoms with Gasteiger partial charge in [0.05, 0.1) is 11.0 Å². The summed E-state index contributed by atoms with van der Waals surface area (Å²) in [6, 6.07) is 7.24. The summed E-state index contributed by atoms with van der Waals surface area (Å²) in [6.07, 6.45) is 1.62. The second kappa shape index (κ2) is 6.06. The molecule has 104 valence electrons. The number of rotatable bonds is 3. The molecule has 20 heavy (non-hydrogen) atoms. The van der Waals surface area contributed by atoms with Gasteiger partial charge in [-0.15, -0.1) is 0 Å². The molecular formula is C15H13Br2NO2. The molecule has 0 aliphatic carbocycles. The minimum atomic E-state index is -0.217. The maximum Gasteiger partial charge on any atom is 0.265 e. The summed E-state index contributed by atoms with van der Waals surface area (Å²) in [5, 5.41) is 0. The Morgan fingerprint density at radius 1 is 1.15 bits per heavy atom. The first kappa shape index (κ1) is 15.2. The van der Waals surface area contributed by atoms with Gasteiger partial charge in [0, 0.05) is 16.2 Å². The first-order chi connectivity index (χ1) is 9.38. The van der Waals surface area contributed by atoms with E-state index in [1.807, 2.05) is 26.0 Å². The highest BCUT2D eigenvalue weighted by Gasteiger charge is 2.11. The number of aromatic nitrogens is 1. The Labute approximate surface area is 133 Å². The maximum absolute atomic E-state index is 12.3. The second-order valence-corrected chi connectivity index (χ2v) is 6.43. The topological polar surface area (TPSA) is 39.1 Å². The fraction of sp³-hybridized carbons (Fsp3) is 0.200. The van der Waals surface area contributed by atoms with E-state index in [1.54, 1.807) is 18.3 Å². The SMILES string of the molecule is Cc1ccc(C(=O)Cn2cc(Br)cc(Br)c2=O)cc1C. The van der Waals surface area contributed by atoms with Gasteiger partial charge >= 0.3 is 0 Å². The van der Waals surface area contributed by atoms with E-state index in [-0.39, 0.29) is 17.9 Å². The van der Waals surface area contributed by atoms with Gasteiger partial charge in [0.15, 0.2) is 5.78 Å². The van der Waals surface area contributed by atoms with Crippen molar-refractivity contribution in [2.75, 3.05) is 0 Å². The van der Waals surface area contributed by atoms with E-state index in [1.165, 1.54) is 4.57 Å². The molecule has 0 saturated heterocycles. The standard InChI is InChI=1S/C15H13Br2NO2/c1-9-3-4-11(5-10(9)2)14(19)8-18-7-12(16)6-13(17)15(18)20/h3-7H,8H2,1-2H3. The van der Waals surface area contributed by atoms with Crippen molar-refractivity contribution in [2.45, 2.75) is 20.4 Å². The highest BCUT2D eigenvalue weighted by Crippen LogP contribution is 2.14. The summed E-state index contributed by atoms with van der Waals surface area (Å²) < 4.78 is 2.57. The highest BCUT2D eigenvalue weighted by atomic mass is 79.9. The van der Waals surface area contributed by atoms with Gasteiger partial charge in [-0.2, -0.15) is 0 Å². The first-order valence-electron chi connectivity index (χ1n) is 6.04. The second-order valence-electron chi connectivity index (χ2n) is 4.66. The molecule has 0 amide bonds. The fourth-order valence-electron chi connectivity index (χ4n) is 1.84. The Morgan fingerprint density at radius 3 is 2.50 bits per heavy atom. The molecule has 2 aromatic rings. The lowest BCUT2D eigenvalue weighted by atomic mass is 10.0. The Morgan fingerprint density at radius 2 is 1.85 bits per heavy atom. The zero-order valence-electron chi connectivity index (χ0n) is 11.1. The maximum atomic E-state index is 12.3. The fourth-order valence-corrected chi connectivity index (χ4v) is 3.10. The minimum absolute atomic E-state index is 0.0272. The van der Waals surface area contributed by atoms with Crippen LogP contribution in [0.3, 0.4) is 0 Å². The number of Topliss-reactive ketones (excluding diaryl/α,β-unsaturated/α-hetero) is 1. The average molecular weight is 399 g/mol. The zero-order chi connectivity index (χ0) is 14.9. The number of benzene rings is 1. The number of ketones is 1. The largest absolute Gasteiger partial charge is 0.306 e. The normalized spacial score (nSPS) is 10.6. The van der Waals surface area contributed by atoms with Crippen LogP contribution in [0.5, 0.6) is 0 Å². The summed E-state index contributed by atoms with van der Waals surface area (Å²) in [5.74, 6) is -0.0831. The van der Waals surface area contributed by atoms with Crippen molar-refractivity contribution in [3.8, 4) is 0 Å². The van der Waals surface area contributed by atoms with Gasteiger partial charge in [-0.1, -0.05) is 12.1 Å². The molecule has 1 heterocycles. The number of halogens is 2. The molecular weight excluding hydrogens is 386 g/mol. The number of nitrogens with zero attached hydrogens (tertiary/aromatic N) is 1. The molecule has 0 fully saturated rings. The van der Waals surface area contributed by atoms with Crippen molar-refractivity contribution >= 4 is 37.6 Å². The van der Waals surface area contributed by atoms with Crippen LogP contribution in [0, 0.1) is 13.8 Å². The molecule has 0 radical (unpaired) electrons. The van der Waals surface area contributed by atoms with Crippen molar-refractivity contribution in [2.24, 2.45) is 0 Å². The number of carbonyl (C=O) groups is 1. The van der Waals surface area contributed by atoms with Crippen LogP contribution in [-0.4, -0.2) is 10.4 Å². The van der Waals surface area contributed by atoms with Gasteiger partial charge in [0.2, 0.25) is 0 Å². The molecule has 0 atom stereocenters. The third kappa shape index (κ3) is 3.27. The average Bonchev–Trinajstić information content (AvgIpc) is 2.38. The predicted octanol–water partition coefficient (Wildman–Crippen LogP) is 3.87. The van der Waals surface area contributed by atoms with E-state index in [9.17, 15) is 9.59 Å². The molecule has 0 aliphatic heterocycles. The van der Waals surface area contributed by atoms with E-state index in [4.69, 9.17) is 0 Å². The van der Waals surface area contributed by atoms with Crippen LogP contribution in [-0.2, 0) is 6.54 Å². The van der Waals surface area contributed by atoms with Crippen LogP contribution in [0.4, 0.5) is 0 Å². The number of pyridine rings is 1. The van der Waals surface area contributed by atoms with Crippen LogP contribution >= 0.6 is 31.9 Å². The summed E-state index contributed by atoms with van der Waals surface area (Å²) in [7, 11) is 0. The van der Waals surface area contributed by atoms with Crippen molar-refractivity contribution in [1.82, 2.24) is 4.57 Å². The van der Waals surface area contributed by atoms with Gasteiger partial charge in [0.25, 0.3) is 5.56 Å². The number of hydrogen-bond donors (Lipinski definition) is 0. The number of carbonyl (C=O) groups excluding carboxylic acids is 1. The van der Waals surface area contributed by atoms with Crippen LogP contribution in [0.25, 0.3) is 0 Å². The first-order valence-corrected chi connectivity index (χ1v) is 7.63. The molecule has 0 unspecified atom stereocenters. The van der Waals surface area contributed by atoms with Gasteiger partial charge in [-0.3, -0.25) is 9.59 Å². The Hall–Kier alpha value is -1.20. The lowest BCUT2D eigenvalue weighted by Crippen LogP contribution is -2.24. The predicted molar refractivity (Wildman–Crippen MR) is 86.3 cm³/mol. The Bertz CT molecular complexity index is 735. The molecule has 0 N–H and O–H groups in total. The van der Waals surface area contributed by atoms with E-state index in [0.717, 1.165) is 15.6 Å². The van der Waals surface area contributed by atoms with Crippen molar-refractivity contribution in [3.63, 3.8) is 0 Å². The van der Waals surface area contributed by atoms with Crippen LogP contribution in [0.2, 0.25) is 0 Å². The molecule has 0 saturated carbocycles. The molecule has 2 rings (SSSR count). The quantitative estimate of drug-likeness (QED) is 0.736. The van der Waals surface area contributed by atoms with Gasteiger partial charge in [-0.05, 0) is 69.0 Å². The summed E-state index contributed by atoms with van der Waals surface area (Å²) in [5.41, 5.74) is 2.61. The van der Waals surface area contributed by atoms with Crippen molar-refractivity contribution in [1.29, 1.82) is 0 Å². The van der Waals surface area contributed by atoms with E-state index >= 15 is 0 Å². The van der Waals surface area contributed by atoms with Crippen molar-refractivity contribution in [3.05, 3.63) is 66.5 Å². The molecule has 0 spiro atoms. The molecule has 1 aromatic carbocycles. The number of hydrogen-bond acceptors (Lipinski definition) is 2. The van der Waals surface area contributed by atoms with Gasteiger partial charge in [-0.25, -0.2) is 0 Å². The molecule has 0 aliphatic rings.